The Morgan fingerprint density at radius 1 is 1.37 bits per heavy atom. The van der Waals surface area contributed by atoms with Crippen molar-refractivity contribution in [3.8, 4) is 0 Å². The first-order chi connectivity index (χ1) is 9.01. The highest BCUT2D eigenvalue weighted by Crippen LogP contribution is 2.27. The molecule has 0 unspecified atom stereocenters. The predicted molar refractivity (Wildman–Crippen MR) is 74.0 cm³/mol. The van der Waals surface area contributed by atoms with Crippen molar-refractivity contribution in [2.24, 2.45) is 7.05 Å². The zero-order valence-electron chi connectivity index (χ0n) is 10.7. The Labute approximate surface area is 118 Å². The van der Waals surface area contributed by atoms with E-state index in [1.54, 1.807) is 4.68 Å². The smallest absolute Gasteiger partial charge is 0.150 e. The summed E-state index contributed by atoms with van der Waals surface area (Å²) in [4.78, 5) is 0. The zero-order valence-corrected chi connectivity index (χ0v) is 12.3. The summed E-state index contributed by atoms with van der Waals surface area (Å²) in [5.41, 5.74) is 2.22. The average molecular weight is 330 g/mol. The van der Waals surface area contributed by atoms with Gasteiger partial charge in [-0.15, -0.1) is 0 Å². The van der Waals surface area contributed by atoms with Gasteiger partial charge in [0, 0.05) is 35.9 Å². The average Bonchev–Trinajstić information content (AvgIpc) is 2.68. The number of aromatic nitrogens is 2. The van der Waals surface area contributed by atoms with Crippen molar-refractivity contribution in [1.29, 1.82) is 0 Å². The molecule has 0 fully saturated rings. The number of benzene rings is 1. The van der Waals surface area contributed by atoms with Crippen LogP contribution in [0.4, 0.5) is 14.5 Å². The second-order valence-electron chi connectivity index (χ2n) is 4.23. The number of nitrogens with zero attached hydrogens (tertiary/aromatic N) is 2. The number of halogens is 3. The van der Waals surface area contributed by atoms with Crippen LogP contribution in [-0.2, 0) is 20.0 Å². The minimum atomic E-state index is -0.617. The Bertz CT molecular complexity index is 573. The maximum absolute atomic E-state index is 13.6. The Hall–Kier alpha value is -1.43. The van der Waals surface area contributed by atoms with E-state index in [2.05, 4.69) is 26.3 Å². The number of aryl methyl sites for hydroxylation is 2. The van der Waals surface area contributed by atoms with Crippen molar-refractivity contribution < 1.29 is 8.78 Å². The fourth-order valence-corrected chi connectivity index (χ4v) is 2.47. The Kier molecular flexibility index (Phi) is 4.19. The molecular formula is C13H14BrF2N3. The molecule has 0 aliphatic rings. The first-order valence-corrected chi connectivity index (χ1v) is 6.70. The quantitative estimate of drug-likeness (QED) is 0.928. The molecule has 0 atom stereocenters. The second kappa shape index (κ2) is 5.69. The van der Waals surface area contributed by atoms with Crippen LogP contribution >= 0.6 is 15.9 Å². The van der Waals surface area contributed by atoms with Gasteiger partial charge in [-0.1, -0.05) is 6.92 Å². The summed E-state index contributed by atoms with van der Waals surface area (Å²) in [6.07, 6.45) is 2.70. The molecule has 1 N–H and O–H groups in total. The van der Waals surface area contributed by atoms with Crippen LogP contribution in [0.2, 0.25) is 0 Å². The number of rotatable bonds is 4. The Morgan fingerprint density at radius 3 is 2.74 bits per heavy atom. The molecule has 0 spiro atoms. The van der Waals surface area contributed by atoms with Crippen LogP contribution in [0.25, 0.3) is 0 Å². The van der Waals surface area contributed by atoms with E-state index in [4.69, 9.17) is 0 Å². The Morgan fingerprint density at radius 2 is 2.11 bits per heavy atom. The summed E-state index contributed by atoms with van der Waals surface area (Å²) in [7, 11) is 1.84. The Balaban J connectivity index is 2.19. The zero-order chi connectivity index (χ0) is 14.0. The number of hydrogen-bond donors (Lipinski definition) is 1. The predicted octanol–water partition coefficient (Wildman–Crippen LogP) is 3.64. The van der Waals surface area contributed by atoms with Crippen LogP contribution in [0.1, 0.15) is 18.2 Å². The van der Waals surface area contributed by atoms with Crippen LogP contribution in [0, 0.1) is 11.6 Å². The van der Waals surface area contributed by atoms with E-state index in [1.807, 2.05) is 20.2 Å². The van der Waals surface area contributed by atoms with Crippen molar-refractivity contribution >= 4 is 21.6 Å². The highest BCUT2D eigenvalue weighted by molar-refractivity contribution is 9.10. The van der Waals surface area contributed by atoms with E-state index in [0.717, 1.165) is 23.7 Å². The summed E-state index contributed by atoms with van der Waals surface area (Å²) in [6.45, 7) is 2.46. The minimum absolute atomic E-state index is 0.257. The van der Waals surface area contributed by atoms with Gasteiger partial charge in [0.2, 0.25) is 0 Å². The van der Waals surface area contributed by atoms with Crippen molar-refractivity contribution in [3.63, 3.8) is 0 Å². The van der Waals surface area contributed by atoms with Crippen LogP contribution < -0.4 is 5.32 Å². The normalized spacial score (nSPS) is 10.8. The maximum atomic E-state index is 13.6. The van der Waals surface area contributed by atoms with Gasteiger partial charge in [-0.3, -0.25) is 4.68 Å². The van der Waals surface area contributed by atoms with Crippen LogP contribution in [0.3, 0.4) is 0 Å². The van der Waals surface area contributed by atoms with Gasteiger partial charge < -0.3 is 5.32 Å². The van der Waals surface area contributed by atoms with E-state index >= 15 is 0 Å². The highest BCUT2D eigenvalue weighted by Gasteiger charge is 2.11. The van der Waals surface area contributed by atoms with E-state index in [1.165, 1.54) is 6.07 Å². The van der Waals surface area contributed by atoms with Crippen LogP contribution in [-0.4, -0.2) is 9.78 Å². The number of hydrogen-bond acceptors (Lipinski definition) is 2. The standard InChI is InChI=1S/C13H14BrF2N3/c1-3-12-8(7-19(2)18-12)6-17-13-10(14)4-9(15)5-11(13)16/h4-5,7,17H,3,6H2,1-2H3. The van der Waals surface area contributed by atoms with Crippen molar-refractivity contribution in [2.75, 3.05) is 5.32 Å². The van der Waals surface area contributed by atoms with Gasteiger partial charge in [0.15, 0.2) is 0 Å². The third-order valence-corrected chi connectivity index (χ3v) is 3.41. The van der Waals surface area contributed by atoms with Gasteiger partial charge in [-0.2, -0.15) is 5.10 Å². The minimum Gasteiger partial charge on any atom is -0.378 e. The molecule has 0 aliphatic heterocycles. The molecule has 1 heterocycles. The molecule has 1 aromatic carbocycles. The fourth-order valence-electron chi connectivity index (χ4n) is 1.92. The molecule has 3 nitrogen and oxygen atoms in total. The summed E-state index contributed by atoms with van der Waals surface area (Å²) >= 11 is 3.15. The van der Waals surface area contributed by atoms with Gasteiger partial charge in [-0.25, -0.2) is 8.78 Å². The molecular weight excluding hydrogens is 316 g/mol. The summed E-state index contributed by atoms with van der Waals surface area (Å²) < 4.78 is 28.7. The highest BCUT2D eigenvalue weighted by atomic mass is 79.9. The van der Waals surface area contributed by atoms with Gasteiger partial charge in [0.1, 0.15) is 11.6 Å². The lowest BCUT2D eigenvalue weighted by Gasteiger charge is -2.09. The van der Waals surface area contributed by atoms with Crippen LogP contribution in [0.15, 0.2) is 22.8 Å². The second-order valence-corrected chi connectivity index (χ2v) is 5.08. The molecule has 2 rings (SSSR count). The first-order valence-electron chi connectivity index (χ1n) is 5.91. The number of nitrogens with one attached hydrogen (secondary N) is 1. The molecule has 0 bridgehead atoms. The first kappa shape index (κ1) is 14.0. The van der Waals surface area contributed by atoms with Gasteiger partial charge in [0.05, 0.1) is 11.4 Å². The van der Waals surface area contributed by atoms with Crippen LogP contribution in [0.5, 0.6) is 0 Å². The molecule has 0 saturated heterocycles. The van der Waals surface area contributed by atoms with Gasteiger partial charge in [-0.05, 0) is 28.4 Å². The third kappa shape index (κ3) is 3.12. The van der Waals surface area contributed by atoms with E-state index in [9.17, 15) is 8.78 Å². The topological polar surface area (TPSA) is 29.9 Å². The van der Waals surface area contributed by atoms with Gasteiger partial charge in [0.25, 0.3) is 0 Å². The van der Waals surface area contributed by atoms with Crippen molar-refractivity contribution in [1.82, 2.24) is 9.78 Å². The monoisotopic (exact) mass is 329 g/mol. The fraction of sp³-hybridized carbons (Fsp3) is 0.308. The summed E-state index contributed by atoms with van der Waals surface area (Å²) in [6, 6.07) is 2.09. The molecule has 1 aromatic heterocycles. The molecule has 0 aliphatic carbocycles. The van der Waals surface area contributed by atoms with Crippen molar-refractivity contribution in [2.45, 2.75) is 19.9 Å². The molecule has 0 radical (unpaired) electrons. The van der Waals surface area contributed by atoms with E-state index in [0.29, 0.717) is 11.0 Å². The lowest BCUT2D eigenvalue weighted by atomic mass is 10.2. The molecule has 102 valence electrons. The van der Waals surface area contributed by atoms with E-state index < -0.39 is 11.6 Å². The number of anilines is 1. The van der Waals surface area contributed by atoms with Gasteiger partial charge >= 0.3 is 0 Å². The molecule has 19 heavy (non-hydrogen) atoms. The largest absolute Gasteiger partial charge is 0.378 e. The lowest BCUT2D eigenvalue weighted by molar-refractivity contribution is 0.583. The summed E-state index contributed by atoms with van der Waals surface area (Å²) in [5.74, 6) is -1.22. The maximum Gasteiger partial charge on any atom is 0.150 e. The lowest BCUT2D eigenvalue weighted by Crippen LogP contribution is -2.04. The van der Waals surface area contributed by atoms with E-state index in [-0.39, 0.29) is 5.69 Å². The summed E-state index contributed by atoms with van der Waals surface area (Å²) in [5, 5.41) is 7.28. The molecule has 0 saturated carbocycles. The van der Waals surface area contributed by atoms with Crippen molar-refractivity contribution in [3.05, 3.63) is 45.7 Å². The SMILES string of the molecule is CCc1nn(C)cc1CNc1c(F)cc(F)cc1Br. The third-order valence-electron chi connectivity index (χ3n) is 2.79. The molecule has 0 amide bonds. The molecule has 6 heteroatoms. The molecule has 2 aromatic rings.